The Labute approximate surface area is 90.3 Å². The van der Waals surface area contributed by atoms with Crippen molar-refractivity contribution in [2.75, 3.05) is 13.4 Å². The molecule has 0 fully saturated rings. The maximum absolute atomic E-state index is 11.0. The molecule has 84 valence electrons. The minimum Gasteiger partial charge on any atom is -0.497 e. The molecule has 4 nitrogen and oxygen atoms in total. The predicted molar refractivity (Wildman–Crippen MR) is 59.4 cm³/mol. The third-order valence-corrected chi connectivity index (χ3v) is 2.77. The largest absolute Gasteiger partial charge is 0.497 e. The summed E-state index contributed by atoms with van der Waals surface area (Å²) in [7, 11) is -1.60. The molecule has 0 bridgehead atoms. The highest BCUT2D eigenvalue weighted by atomic mass is 32.2. The fourth-order valence-electron chi connectivity index (χ4n) is 1.30. The van der Waals surface area contributed by atoms with Gasteiger partial charge >= 0.3 is 0 Å². The van der Waals surface area contributed by atoms with Gasteiger partial charge in [0.25, 0.3) is 0 Å². The van der Waals surface area contributed by atoms with Crippen LogP contribution >= 0.6 is 0 Å². The van der Waals surface area contributed by atoms with Crippen LogP contribution in [0.1, 0.15) is 18.5 Å². The minimum atomic E-state index is -3.18. The van der Waals surface area contributed by atoms with Crippen LogP contribution in [0.4, 0.5) is 0 Å². The van der Waals surface area contributed by atoms with E-state index in [2.05, 4.69) is 4.72 Å². The summed E-state index contributed by atoms with van der Waals surface area (Å²) in [6.45, 7) is 1.79. The quantitative estimate of drug-likeness (QED) is 0.846. The SMILES string of the molecule is COc1cccc(C(C)NS(C)(=O)=O)c1. The van der Waals surface area contributed by atoms with Gasteiger partial charge in [-0.05, 0) is 24.6 Å². The smallest absolute Gasteiger partial charge is 0.209 e. The number of hydrogen-bond acceptors (Lipinski definition) is 3. The molecule has 1 aromatic carbocycles. The van der Waals surface area contributed by atoms with E-state index in [9.17, 15) is 8.42 Å². The van der Waals surface area contributed by atoms with E-state index in [1.54, 1.807) is 14.0 Å². The predicted octanol–water partition coefficient (Wildman–Crippen LogP) is 1.31. The maximum atomic E-state index is 11.0. The van der Waals surface area contributed by atoms with Crippen molar-refractivity contribution in [2.24, 2.45) is 0 Å². The number of hydrogen-bond donors (Lipinski definition) is 1. The third kappa shape index (κ3) is 3.89. The molecule has 1 N–H and O–H groups in total. The van der Waals surface area contributed by atoms with Crippen molar-refractivity contribution in [3.63, 3.8) is 0 Å². The lowest BCUT2D eigenvalue weighted by Crippen LogP contribution is -2.25. The van der Waals surface area contributed by atoms with Crippen molar-refractivity contribution in [1.29, 1.82) is 0 Å². The van der Waals surface area contributed by atoms with E-state index in [0.717, 1.165) is 17.6 Å². The molecule has 0 aromatic heterocycles. The second kappa shape index (κ2) is 4.63. The van der Waals surface area contributed by atoms with Crippen LogP contribution < -0.4 is 9.46 Å². The summed E-state index contributed by atoms with van der Waals surface area (Å²) in [5.74, 6) is 0.717. The van der Waals surface area contributed by atoms with Gasteiger partial charge in [0, 0.05) is 6.04 Å². The first kappa shape index (κ1) is 12.0. The van der Waals surface area contributed by atoms with Crippen molar-refractivity contribution in [1.82, 2.24) is 4.72 Å². The normalized spacial score (nSPS) is 13.5. The summed E-state index contributed by atoms with van der Waals surface area (Å²) in [4.78, 5) is 0. The van der Waals surface area contributed by atoms with Crippen molar-refractivity contribution in [3.05, 3.63) is 29.8 Å². The maximum Gasteiger partial charge on any atom is 0.209 e. The number of ether oxygens (including phenoxy) is 1. The van der Waals surface area contributed by atoms with Crippen LogP contribution in [0.25, 0.3) is 0 Å². The van der Waals surface area contributed by atoms with Crippen LogP contribution in [-0.4, -0.2) is 21.8 Å². The van der Waals surface area contributed by atoms with Gasteiger partial charge < -0.3 is 4.74 Å². The molecule has 5 heteroatoms. The highest BCUT2D eigenvalue weighted by molar-refractivity contribution is 7.88. The second-order valence-electron chi connectivity index (χ2n) is 3.39. The monoisotopic (exact) mass is 229 g/mol. The summed E-state index contributed by atoms with van der Waals surface area (Å²) in [6, 6.07) is 7.05. The van der Waals surface area contributed by atoms with Crippen LogP contribution in [0.2, 0.25) is 0 Å². The van der Waals surface area contributed by atoms with Gasteiger partial charge in [-0.25, -0.2) is 13.1 Å². The van der Waals surface area contributed by atoms with Crippen LogP contribution in [0.15, 0.2) is 24.3 Å². The summed E-state index contributed by atoms with van der Waals surface area (Å²) in [5.41, 5.74) is 0.875. The number of methoxy groups -OCH3 is 1. The fraction of sp³-hybridized carbons (Fsp3) is 0.400. The van der Waals surface area contributed by atoms with E-state index in [1.165, 1.54) is 0 Å². The van der Waals surface area contributed by atoms with E-state index in [1.807, 2.05) is 24.3 Å². The standard InChI is InChI=1S/C10H15NO3S/c1-8(11-15(3,12)13)9-5-4-6-10(7-9)14-2/h4-8,11H,1-3H3. The molecular formula is C10H15NO3S. The summed E-state index contributed by atoms with van der Waals surface area (Å²) in [5, 5.41) is 0. The molecule has 0 saturated heterocycles. The number of nitrogens with one attached hydrogen (secondary N) is 1. The Balaban J connectivity index is 2.86. The Hall–Kier alpha value is -1.07. The van der Waals surface area contributed by atoms with Crippen molar-refractivity contribution < 1.29 is 13.2 Å². The Morgan fingerprint density at radius 2 is 2.07 bits per heavy atom. The molecule has 1 aromatic rings. The van der Waals surface area contributed by atoms with Crippen LogP contribution in [0.3, 0.4) is 0 Å². The molecular weight excluding hydrogens is 214 g/mol. The lowest BCUT2D eigenvalue weighted by atomic mass is 10.1. The van der Waals surface area contributed by atoms with E-state index in [-0.39, 0.29) is 6.04 Å². The molecule has 0 radical (unpaired) electrons. The Bertz CT molecular complexity index is 428. The summed E-state index contributed by atoms with van der Waals surface area (Å²) >= 11 is 0. The van der Waals surface area contributed by atoms with Crippen LogP contribution in [0.5, 0.6) is 5.75 Å². The lowest BCUT2D eigenvalue weighted by molar-refractivity contribution is 0.413. The zero-order valence-electron chi connectivity index (χ0n) is 9.02. The second-order valence-corrected chi connectivity index (χ2v) is 5.17. The average molecular weight is 229 g/mol. The van der Waals surface area contributed by atoms with Crippen molar-refractivity contribution in [2.45, 2.75) is 13.0 Å². The van der Waals surface area contributed by atoms with E-state index < -0.39 is 10.0 Å². The van der Waals surface area contributed by atoms with Crippen LogP contribution in [0, 0.1) is 0 Å². The van der Waals surface area contributed by atoms with Gasteiger partial charge in [-0.15, -0.1) is 0 Å². The van der Waals surface area contributed by atoms with Gasteiger partial charge in [0.2, 0.25) is 10.0 Å². The zero-order valence-corrected chi connectivity index (χ0v) is 9.84. The van der Waals surface area contributed by atoms with E-state index in [0.29, 0.717) is 0 Å². The zero-order chi connectivity index (χ0) is 11.5. The number of rotatable bonds is 4. The first-order valence-corrected chi connectivity index (χ1v) is 6.43. The molecule has 1 rings (SSSR count). The van der Waals surface area contributed by atoms with Gasteiger partial charge in [0.15, 0.2) is 0 Å². The molecule has 0 saturated carbocycles. The summed E-state index contributed by atoms with van der Waals surface area (Å²) < 4.78 is 29.6. The summed E-state index contributed by atoms with van der Waals surface area (Å²) in [6.07, 6.45) is 1.14. The molecule has 1 atom stereocenters. The Kier molecular flexibility index (Phi) is 3.71. The molecule has 0 aliphatic heterocycles. The fourth-order valence-corrected chi connectivity index (χ4v) is 2.08. The van der Waals surface area contributed by atoms with Crippen molar-refractivity contribution >= 4 is 10.0 Å². The Morgan fingerprint density at radius 3 is 2.60 bits per heavy atom. The topological polar surface area (TPSA) is 55.4 Å². The molecule has 15 heavy (non-hydrogen) atoms. The van der Waals surface area contributed by atoms with Gasteiger partial charge in [0.1, 0.15) is 5.75 Å². The molecule has 0 heterocycles. The number of benzene rings is 1. The van der Waals surface area contributed by atoms with Crippen molar-refractivity contribution in [3.8, 4) is 5.75 Å². The lowest BCUT2D eigenvalue weighted by Gasteiger charge is -2.13. The van der Waals surface area contributed by atoms with Gasteiger partial charge in [-0.2, -0.15) is 0 Å². The molecule has 0 spiro atoms. The number of sulfonamides is 1. The van der Waals surface area contributed by atoms with Gasteiger partial charge in [0.05, 0.1) is 13.4 Å². The van der Waals surface area contributed by atoms with Gasteiger partial charge in [-0.1, -0.05) is 12.1 Å². The molecule has 1 unspecified atom stereocenters. The minimum absolute atomic E-state index is 0.255. The Morgan fingerprint density at radius 1 is 1.40 bits per heavy atom. The molecule has 0 aliphatic rings. The van der Waals surface area contributed by atoms with E-state index >= 15 is 0 Å². The molecule has 0 aliphatic carbocycles. The van der Waals surface area contributed by atoms with E-state index in [4.69, 9.17) is 4.74 Å². The third-order valence-electron chi connectivity index (χ3n) is 1.98. The average Bonchev–Trinajstić information content (AvgIpc) is 2.15. The molecule has 0 amide bonds. The first-order chi connectivity index (χ1) is 6.92. The van der Waals surface area contributed by atoms with Gasteiger partial charge in [-0.3, -0.25) is 0 Å². The van der Waals surface area contributed by atoms with Crippen LogP contribution in [-0.2, 0) is 10.0 Å². The highest BCUT2D eigenvalue weighted by Gasteiger charge is 2.10. The first-order valence-electron chi connectivity index (χ1n) is 4.53. The highest BCUT2D eigenvalue weighted by Crippen LogP contribution is 2.18.